The third-order valence-electron chi connectivity index (χ3n) is 4.88. The first-order chi connectivity index (χ1) is 14.5. The molecule has 0 saturated carbocycles. The molecule has 0 bridgehead atoms. The van der Waals surface area contributed by atoms with E-state index in [0.29, 0.717) is 6.42 Å². The van der Waals surface area contributed by atoms with Crippen molar-refractivity contribution in [1.29, 1.82) is 0 Å². The van der Waals surface area contributed by atoms with Gasteiger partial charge in [0.25, 0.3) is 0 Å². The number of benzene rings is 2. The van der Waals surface area contributed by atoms with Crippen molar-refractivity contribution < 1.29 is 9.13 Å². The van der Waals surface area contributed by atoms with E-state index in [4.69, 9.17) is 9.72 Å². The van der Waals surface area contributed by atoms with Crippen LogP contribution < -0.4 is 4.74 Å². The maximum absolute atomic E-state index is 13.1. The number of halogens is 1. The minimum atomic E-state index is -0.229. The Morgan fingerprint density at radius 3 is 2.57 bits per heavy atom. The number of hydrogen-bond acceptors (Lipinski definition) is 3. The van der Waals surface area contributed by atoms with Gasteiger partial charge in [-0.25, -0.2) is 14.4 Å². The molecule has 5 nitrogen and oxygen atoms in total. The first-order valence-electron chi connectivity index (χ1n) is 9.65. The summed E-state index contributed by atoms with van der Waals surface area (Å²) in [5.74, 6) is 1.39. The average Bonchev–Trinajstić information content (AvgIpc) is 3.33. The van der Waals surface area contributed by atoms with Crippen LogP contribution in [0.3, 0.4) is 0 Å². The maximum atomic E-state index is 13.1. The van der Waals surface area contributed by atoms with Crippen LogP contribution in [-0.2, 0) is 13.5 Å². The Kier molecular flexibility index (Phi) is 5.48. The van der Waals surface area contributed by atoms with Crippen molar-refractivity contribution in [2.75, 3.05) is 7.11 Å². The molecule has 0 unspecified atom stereocenters. The van der Waals surface area contributed by atoms with Crippen LogP contribution in [-0.4, -0.2) is 26.2 Å². The minimum Gasteiger partial charge on any atom is -0.495 e. The van der Waals surface area contributed by atoms with Gasteiger partial charge >= 0.3 is 0 Å². The van der Waals surface area contributed by atoms with Crippen molar-refractivity contribution in [3.63, 3.8) is 0 Å². The molecule has 0 aliphatic heterocycles. The third-order valence-corrected chi connectivity index (χ3v) is 4.88. The Bertz CT molecular complexity index is 1190. The number of ether oxygens (including phenoxy) is 1. The first kappa shape index (κ1) is 19.6. The summed E-state index contributed by atoms with van der Waals surface area (Å²) in [5, 5.41) is 0. The lowest BCUT2D eigenvalue weighted by Gasteiger charge is -2.10. The summed E-state index contributed by atoms with van der Waals surface area (Å²) in [6.07, 6.45) is 10.4. The van der Waals surface area contributed by atoms with Crippen LogP contribution in [0.1, 0.15) is 28.3 Å². The van der Waals surface area contributed by atoms with Crippen LogP contribution >= 0.6 is 0 Å². The zero-order valence-electron chi connectivity index (χ0n) is 17.2. The lowest BCUT2D eigenvalue weighted by Crippen LogP contribution is -1.96. The summed E-state index contributed by atoms with van der Waals surface area (Å²) in [6, 6.07) is 12.6. The normalized spacial score (nSPS) is 11.3. The predicted octanol–water partition coefficient (Wildman–Crippen LogP) is 4.82. The molecule has 30 heavy (non-hydrogen) atoms. The summed E-state index contributed by atoms with van der Waals surface area (Å²) in [6.45, 7) is 1.96. The predicted molar refractivity (Wildman–Crippen MR) is 116 cm³/mol. The molecule has 4 aromatic rings. The zero-order valence-corrected chi connectivity index (χ0v) is 17.2. The Balaban J connectivity index is 1.53. The van der Waals surface area contributed by atoms with Crippen molar-refractivity contribution in [3.05, 3.63) is 95.3 Å². The van der Waals surface area contributed by atoms with Crippen LogP contribution in [0.25, 0.3) is 17.8 Å². The summed E-state index contributed by atoms with van der Waals surface area (Å²) in [4.78, 5) is 8.97. The van der Waals surface area contributed by atoms with E-state index in [1.54, 1.807) is 25.6 Å². The van der Waals surface area contributed by atoms with E-state index < -0.39 is 0 Å². The maximum Gasteiger partial charge on any atom is 0.143 e. The van der Waals surface area contributed by atoms with Crippen LogP contribution in [0.4, 0.5) is 4.39 Å². The van der Waals surface area contributed by atoms with Crippen molar-refractivity contribution >= 4 is 12.2 Å². The van der Waals surface area contributed by atoms with Gasteiger partial charge in [0.2, 0.25) is 0 Å². The fraction of sp³-hybridized carbons (Fsp3) is 0.167. The lowest BCUT2D eigenvalue weighted by atomic mass is 10.1. The molecule has 0 N–H and O–H groups in total. The molecule has 4 rings (SSSR count). The van der Waals surface area contributed by atoms with Gasteiger partial charge in [-0.15, -0.1) is 0 Å². The van der Waals surface area contributed by atoms with Crippen LogP contribution in [0.5, 0.6) is 5.75 Å². The van der Waals surface area contributed by atoms with E-state index in [0.717, 1.165) is 39.8 Å². The second-order valence-electron chi connectivity index (χ2n) is 7.19. The van der Waals surface area contributed by atoms with Crippen molar-refractivity contribution in [2.45, 2.75) is 13.3 Å². The van der Waals surface area contributed by atoms with E-state index >= 15 is 0 Å². The van der Waals surface area contributed by atoms with Crippen molar-refractivity contribution in [1.82, 2.24) is 19.1 Å². The highest BCUT2D eigenvalue weighted by Gasteiger charge is 2.07. The molecule has 6 heteroatoms. The molecule has 0 radical (unpaired) electrons. The van der Waals surface area contributed by atoms with Gasteiger partial charge < -0.3 is 13.9 Å². The molecule has 0 spiro atoms. The van der Waals surface area contributed by atoms with Crippen molar-refractivity contribution in [2.24, 2.45) is 7.05 Å². The summed E-state index contributed by atoms with van der Waals surface area (Å²) in [7, 11) is 3.63. The highest BCUT2D eigenvalue weighted by atomic mass is 19.1. The van der Waals surface area contributed by atoms with Crippen LogP contribution in [0, 0.1) is 12.7 Å². The van der Waals surface area contributed by atoms with E-state index in [9.17, 15) is 4.39 Å². The molecule has 0 amide bonds. The Morgan fingerprint density at radius 1 is 1.07 bits per heavy atom. The molecular formula is C24H23FN4O. The average molecular weight is 402 g/mol. The third kappa shape index (κ3) is 4.33. The highest BCUT2D eigenvalue weighted by Crippen LogP contribution is 2.25. The topological polar surface area (TPSA) is 44.9 Å². The number of aryl methyl sites for hydroxylation is 2. The Labute approximate surface area is 175 Å². The van der Waals surface area contributed by atoms with E-state index in [-0.39, 0.29) is 5.82 Å². The number of rotatable bonds is 6. The quantitative estimate of drug-likeness (QED) is 0.464. The zero-order chi connectivity index (χ0) is 21.1. The molecule has 0 aliphatic rings. The van der Waals surface area contributed by atoms with Gasteiger partial charge in [-0.1, -0.05) is 24.3 Å². The summed E-state index contributed by atoms with van der Waals surface area (Å²) >= 11 is 0. The molecule has 0 aliphatic carbocycles. The Morgan fingerprint density at radius 2 is 1.87 bits per heavy atom. The second kappa shape index (κ2) is 8.37. The Hall–Kier alpha value is -3.67. The van der Waals surface area contributed by atoms with E-state index in [1.807, 2.05) is 65.9 Å². The fourth-order valence-corrected chi connectivity index (χ4v) is 3.33. The monoisotopic (exact) mass is 402 g/mol. The van der Waals surface area contributed by atoms with Gasteiger partial charge in [0.05, 0.1) is 30.5 Å². The molecule has 0 fully saturated rings. The van der Waals surface area contributed by atoms with Crippen molar-refractivity contribution in [3.8, 4) is 11.4 Å². The molecular weight excluding hydrogens is 379 g/mol. The number of hydrogen-bond donors (Lipinski definition) is 0. The number of imidazole rings is 2. The number of nitrogens with zero attached hydrogens (tertiary/aromatic N) is 4. The molecule has 0 saturated heterocycles. The van der Waals surface area contributed by atoms with E-state index in [1.165, 1.54) is 12.1 Å². The molecule has 152 valence electrons. The SMILES string of the molecule is COc1cc(/C=C/c2nc(Cc3ccc(F)cc3)cn2C)ccc1-n1cnc(C)c1. The molecule has 2 aromatic carbocycles. The van der Waals surface area contributed by atoms with Crippen LogP contribution in [0.15, 0.2) is 61.2 Å². The standard InChI is InChI=1S/C24H23FN4O/c1-17-14-29(16-26-17)22-10-6-19(13-23(22)30-3)7-11-24-27-21(15-28(24)2)12-18-4-8-20(25)9-5-18/h4-11,13-16H,12H2,1-3H3/b11-7+. The largest absolute Gasteiger partial charge is 0.495 e. The molecule has 2 aromatic heterocycles. The summed E-state index contributed by atoms with van der Waals surface area (Å²) in [5.41, 5.74) is 4.86. The second-order valence-corrected chi connectivity index (χ2v) is 7.19. The number of methoxy groups -OCH3 is 1. The fourth-order valence-electron chi connectivity index (χ4n) is 3.33. The number of aromatic nitrogens is 4. The summed E-state index contributed by atoms with van der Waals surface area (Å²) < 4.78 is 22.6. The van der Waals surface area contributed by atoms with Crippen LogP contribution in [0.2, 0.25) is 0 Å². The van der Waals surface area contributed by atoms with Gasteiger partial charge in [0.15, 0.2) is 0 Å². The first-order valence-corrected chi connectivity index (χ1v) is 9.65. The van der Waals surface area contributed by atoms with E-state index in [2.05, 4.69) is 4.98 Å². The molecule has 2 heterocycles. The van der Waals surface area contributed by atoms with Gasteiger partial charge in [0, 0.05) is 25.9 Å². The lowest BCUT2D eigenvalue weighted by molar-refractivity contribution is 0.413. The smallest absolute Gasteiger partial charge is 0.143 e. The van der Waals surface area contributed by atoms with Gasteiger partial charge in [0.1, 0.15) is 17.4 Å². The minimum absolute atomic E-state index is 0.229. The van der Waals surface area contributed by atoms with Gasteiger partial charge in [-0.2, -0.15) is 0 Å². The van der Waals surface area contributed by atoms with Gasteiger partial charge in [-0.3, -0.25) is 0 Å². The molecule has 0 atom stereocenters. The van der Waals surface area contributed by atoms with Gasteiger partial charge in [-0.05, 0) is 48.4 Å². The highest BCUT2D eigenvalue weighted by molar-refractivity contribution is 5.69.